The van der Waals surface area contributed by atoms with Crippen LogP contribution < -0.4 is 0 Å². The Morgan fingerprint density at radius 3 is 2.00 bits per heavy atom. The molecule has 0 aliphatic rings. The summed E-state index contributed by atoms with van der Waals surface area (Å²) in [6.45, 7) is 4.21. The zero-order valence-corrected chi connectivity index (χ0v) is 14.2. The monoisotopic (exact) mass is 326 g/mol. The molecule has 4 rings (SSSR count). The maximum atomic E-state index is 4.55. The Balaban J connectivity index is 2.03. The summed E-state index contributed by atoms with van der Waals surface area (Å²) < 4.78 is 2.10. The van der Waals surface area contributed by atoms with Crippen molar-refractivity contribution in [1.82, 2.24) is 19.7 Å². The van der Waals surface area contributed by atoms with Gasteiger partial charge in [-0.15, -0.1) is 10.2 Å². The van der Waals surface area contributed by atoms with Gasteiger partial charge in [0, 0.05) is 23.5 Å². The van der Waals surface area contributed by atoms with E-state index in [1.165, 1.54) is 11.1 Å². The number of aromatic nitrogens is 4. The molecule has 0 N–H and O–H groups in total. The van der Waals surface area contributed by atoms with Gasteiger partial charge < -0.3 is 0 Å². The van der Waals surface area contributed by atoms with Crippen LogP contribution in [0.15, 0.2) is 73.1 Å². The van der Waals surface area contributed by atoms with Crippen LogP contribution in [0.5, 0.6) is 0 Å². The van der Waals surface area contributed by atoms with Crippen LogP contribution in [0.4, 0.5) is 0 Å². The molecule has 0 saturated heterocycles. The predicted molar refractivity (Wildman–Crippen MR) is 99.5 cm³/mol. The molecule has 2 heterocycles. The first-order valence-electron chi connectivity index (χ1n) is 8.23. The number of hydrogen-bond donors (Lipinski definition) is 0. The number of aryl methyl sites for hydroxylation is 2. The first-order valence-corrected chi connectivity index (χ1v) is 8.23. The van der Waals surface area contributed by atoms with E-state index >= 15 is 0 Å². The summed E-state index contributed by atoms with van der Waals surface area (Å²) in [5.41, 5.74) is 5.51. The van der Waals surface area contributed by atoms with Crippen molar-refractivity contribution in [1.29, 1.82) is 0 Å². The fourth-order valence-corrected chi connectivity index (χ4v) is 3.13. The summed E-state index contributed by atoms with van der Waals surface area (Å²) in [5.74, 6) is 1.67. The lowest BCUT2D eigenvalue weighted by molar-refractivity contribution is 1.06. The smallest absolute Gasteiger partial charge is 0.169 e. The van der Waals surface area contributed by atoms with E-state index in [9.17, 15) is 0 Å². The van der Waals surface area contributed by atoms with Gasteiger partial charge in [0.05, 0.1) is 5.69 Å². The summed E-state index contributed by atoms with van der Waals surface area (Å²) in [5, 5.41) is 9.07. The lowest BCUT2D eigenvalue weighted by Gasteiger charge is -2.13. The lowest BCUT2D eigenvalue weighted by Crippen LogP contribution is -2.02. The Bertz CT molecular complexity index is 985. The standard InChI is InChI=1S/C21H18N4/c1-15-7-6-8-16(2)19(15)21-24-23-20(17-9-4-3-5-10-17)25(21)18-11-13-22-14-12-18/h3-14H,1-2H3. The van der Waals surface area contributed by atoms with E-state index in [1.807, 2.05) is 30.3 Å². The third kappa shape index (κ3) is 2.72. The number of hydrogen-bond acceptors (Lipinski definition) is 3. The van der Waals surface area contributed by atoms with E-state index in [1.54, 1.807) is 12.4 Å². The van der Waals surface area contributed by atoms with Gasteiger partial charge in [-0.25, -0.2) is 0 Å². The van der Waals surface area contributed by atoms with E-state index in [2.05, 4.69) is 63.9 Å². The lowest BCUT2D eigenvalue weighted by atomic mass is 10.0. The van der Waals surface area contributed by atoms with Crippen LogP contribution in [-0.2, 0) is 0 Å². The second-order valence-electron chi connectivity index (χ2n) is 6.02. The Morgan fingerprint density at radius 1 is 0.680 bits per heavy atom. The minimum Gasteiger partial charge on any atom is -0.275 e. The zero-order valence-electron chi connectivity index (χ0n) is 14.2. The van der Waals surface area contributed by atoms with Crippen LogP contribution in [0.1, 0.15) is 11.1 Å². The summed E-state index contributed by atoms with van der Waals surface area (Å²) >= 11 is 0. The molecule has 0 radical (unpaired) electrons. The number of pyridine rings is 1. The molecule has 0 unspecified atom stereocenters. The SMILES string of the molecule is Cc1cccc(C)c1-c1nnc(-c2ccccc2)n1-c1ccncc1. The number of nitrogens with zero attached hydrogens (tertiary/aromatic N) is 4. The maximum absolute atomic E-state index is 4.55. The maximum Gasteiger partial charge on any atom is 0.169 e. The van der Waals surface area contributed by atoms with Gasteiger partial charge in [0.1, 0.15) is 0 Å². The summed E-state index contributed by atoms with van der Waals surface area (Å²) in [7, 11) is 0. The highest BCUT2D eigenvalue weighted by Gasteiger charge is 2.19. The Morgan fingerprint density at radius 2 is 1.32 bits per heavy atom. The van der Waals surface area contributed by atoms with Crippen LogP contribution in [0.3, 0.4) is 0 Å². The van der Waals surface area contributed by atoms with Gasteiger partial charge in [-0.2, -0.15) is 0 Å². The summed E-state index contributed by atoms with van der Waals surface area (Å²) in [4.78, 5) is 4.14. The van der Waals surface area contributed by atoms with E-state index in [-0.39, 0.29) is 0 Å². The second kappa shape index (κ2) is 6.32. The van der Waals surface area contributed by atoms with E-state index in [4.69, 9.17) is 0 Å². The average Bonchev–Trinajstić information content (AvgIpc) is 3.08. The molecule has 25 heavy (non-hydrogen) atoms. The highest BCUT2D eigenvalue weighted by molar-refractivity contribution is 5.70. The predicted octanol–water partition coefficient (Wildman–Crippen LogP) is 4.61. The fraction of sp³-hybridized carbons (Fsp3) is 0.0952. The topological polar surface area (TPSA) is 43.6 Å². The van der Waals surface area contributed by atoms with Crippen molar-refractivity contribution in [2.75, 3.05) is 0 Å². The number of benzene rings is 2. The Labute approximate surface area is 146 Å². The molecule has 0 spiro atoms. The van der Waals surface area contributed by atoms with Crippen molar-refractivity contribution >= 4 is 0 Å². The minimum absolute atomic E-state index is 0.824. The summed E-state index contributed by atoms with van der Waals surface area (Å²) in [6, 6.07) is 20.4. The molecular weight excluding hydrogens is 308 g/mol. The van der Waals surface area contributed by atoms with Crippen molar-refractivity contribution < 1.29 is 0 Å². The molecule has 4 heteroatoms. The quantitative estimate of drug-likeness (QED) is 0.552. The normalized spacial score (nSPS) is 10.8. The third-order valence-corrected chi connectivity index (χ3v) is 4.32. The van der Waals surface area contributed by atoms with Crippen molar-refractivity contribution in [2.24, 2.45) is 0 Å². The Kier molecular flexibility index (Phi) is 3.86. The third-order valence-electron chi connectivity index (χ3n) is 4.32. The van der Waals surface area contributed by atoms with Crippen molar-refractivity contribution in [3.05, 3.63) is 84.2 Å². The van der Waals surface area contributed by atoms with Crippen molar-refractivity contribution in [3.63, 3.8) is 0 Å². The van der Waals surface area contributed by atoms with Gasteiger partial charge in [-0.3, -0.25) is 9.55 Å². The molecule has 0 aliphatic heterocycles. The van der Waals surface area contributed by atoms with Gasteiger partial charge in [0.15, 0.2) is 11.6 Å². The highest BCUT2D eigenvalue weighted by atomic mass is 15.3. The molecule has 2 aromatic heterocycles. The molecule has 0 saturated carbocycles. The molecule has 0 amide bonds. The highest BCUT2D eigenvalue weighted by Crippen LogP contribution is 2.31. The van der Waals surface area contributed by atoms with Crippen LogP contribution in [0.2, 0.25) is 0 Å². The van der Waals surface area contributed by atoms with Crippen molar-refractivity contribution in [2.45, 2.75) is 13.8 Å². The van der Waals surface area contributed by atoms with Crippen LogP contribution >= 0.6 is 0 Å². The minimum atomic E-state index is 0.824. The largest absolute Gasteiger partial charge is 0.275 e. The van der Waals surface area contributed by atoms with Gasteiger partial charge in [-0.05, 0) is 37.1 Å². The first kappa shape index (κ1) is 15.3. The van der Waals surface area contributed by atoms with Crippen LogP contribution in [-0.4, -0.2) is 19.7 Å². The van der Waals surface area contributed by atoms with Gasteiger partial charge in [-0.1, -0.05) is 48.5 Å². The van der Waals surface area contributed by atoms with Gasteiger partial charge in [0.2, 0.25) is 0 Å². The molecule has 0 atom stereocenters. The van der Waals surface area contributed by atoms with E-state index in [0.29, 0.717) is 0 Å². The molecule has 122 valence electrons. The van der Waals surface area contributed by atoms with E-state index < -0.39 is 0 Å². The summed E-state index contributed by atoms with van der Waals surface area (Å²) in [6.07, 6.45) is 3.58. The van der Waals surface area contributed by atoms with Gasteiger partial charge in [0.25, 0.3) is 0 Å². The molecule has 0 fully saturated rings. The first-order chi connectivity index (χ1) is 12.3. The zero-order chi connectivity index (χ0) is 17.2. The number of rotatable bonds is 3. The molecule has 0 aliphatic carbocycles. The fourth-order valence-electron chi connectivity index (χ4n) is 3.13. The molecule has 4 aromatic rings. The molecule has 0 bridgehead atoms. The molecular formula is C21H18N4. The van der Waals surface area contributed by atoms with Crippen LogP contribution in [0.25, 0.3) is 28.5 Å². The van der Waals surface area contributed by atoms with E-state index in [0.717, 1.165) is 28.5 Å². The van der Waals surface area contributed by atoms with Crippen molar-refractivity contribution in [3.8, 4) is 28.5 Å². The molecule has 2 aromatic carbocycles. The van der Waals surface area contributed by atoms with Gasteiger partial charge >= 0.3 is 0 Å². The van der Waals surface area contributed by atoms with Crippen LogP contribution in [0, 0.1) is 13.8 Å². The molecule has 4 nitrogen and oxygen atoms in total. The average molecular weight is 326 g/mol. The Hall–Kier alpha value is -3.27. The second-order valence-corrected chi connectivity index (χ2v) is 6.02.